The molecule has 0 aromatic rings. The summed E-state index contributed by atoms with van der Waals surface area (Å²) in [6.07, 6.45) is -0.878. The van der Waals surface area contributed by atoms with E-state index in [1.165, 1.54) is 7.05 Å². The third-order valence-corrected chi connectivity index (χ3v) is 3.66. The van der Waals surface area contributed by atoms with Crippen LogP contribution in [0, 0.1) is 16.7 Å². The lowest BCUT2D eigenvalue weighted by Gasteiger charge is -2.29. The highest BCUT2D eigenvalue weighted by Crippen LogP contribution is 2.36. The quantitative estimate of drug-likeness (QED) is 0.743. The fourth-order valence-electron chi connectivity index (χ4n) is 2.47. The van der Waals surface area contributed by atoms with Gasteiger partial charge in [-0.3, -0.25) is 4.79 Å². The number of hydrogen-bond acceptors (Lipinski definition) is 2. The zero-order valence-corrected chi connectivity index (χ0v) is 11.1. The Morgan fingerprint density at radius 3 is 2.21 bits per heavy atom. The maximum absolute atomic E-state index is 12.3. The lowest BCUT2D eigenvalue weighted by atomic mass is 9.80. The summed E-state index contributed by atoms with van der Waals surface area (Å²) in [5, 5.41) is 9.29. The van der Waals surface area contributed by atoms with Gasteiger partial charge < -0.3 is 4.90 Å². The molecule has 0 bridgehead atoms. The summed E-state index contributed by atoms with van der Waals surface area (Å²) in [4.78, 5) is 13.3. The van der Waals surface area contributed by atoms with Crippen molar-refractivity contribution in [2.24, 2.45) is 5.41 Å². The van der Waals surface area contributed by atoms with Crippen LogP contribution >= 0.6 is 0 Å². The highest BCUT2D eigenvalue weighted by Gasteiger charge is 2.41. The minimum atomic E-state index is -4.28. The first-order valence-electron chi connectivity index (χ1n) is 6.54. The van der Waals surface area contributed by atoms with Crippen LogP contribution in [0.3, 0.4) is 0 Å². The summed E-state index contributed by atoms with van der Waals surface area (Å²) >= 11 is 0. The van der Waals surface area contributed by atoms with Gasteiger partial charge in [0.25, 0.3) is 0 Å². The average Bonchev–Trinajstić information content (AvgIpc) is 2.60. The lowest BCUT2D eigenvalue weighted by Crippen LogP contribution is -2.42. The molecule has 0 N–H and O–H groups in total. The van der Waals surface area contributed by atoms with Crippen LogP contribution in [0.4, 0.5) is 13.2 Å². The molecular weight excluding hydrogens is 257 g/mol. The predicted molar refractivity (Wildman–Crippen MR) is 64.1 cm³/mol. The average molecular weight is 276 g/mol. The maximum atomic E-state index is 12.3. The van der Waals surface area contributed by atoms with Crippen LogP contribution in [0.2, 0.25) is 0 Å². The van der Waals surface area contributed by atoms with Crippen molar-refractivity contribution in [3.05, 3.63) is 0 Å². The van der Waals surface area contributed by atoms with Gasteiger partial charge in [-0.2, -0.15) is 18.4 Å². The van der Waals surface area contributed by atoms with E-state index >= 15 is 0 Å². The van der Waals surface area contributed by atoms with Crippen molar-refractivity contribution in [2.75, 3.05) is 13.6 Å². The molecule has 0 saturated heterocycles. The number of alkyl halides is 3. The molecule has 108 valence electrons. The number of halogens is 3. The molecule has 0 aromatic heterocycles. The van der Waals surface area contributed by atoms with E-state index < -0.39 is 23.9 Å². The minimum Gasteiger partial charge on any atom is -0.344 e. The van der Waals surface area contributed by atoms with Crippen LogP contribution in [-0.4, -0.2) is 30.6 Å². The molecule has 1 amide bonds. The summed E-state index contributed by atoms with van der Waals surface area (Å²) in [6.45, 7) is -0.383. The summed E-state index contributed by atoms with van der Waals surface area (Å²) in [7, 11) is 1.35. The fraction of sp³-hybridized carbons (Fsp3) is 0.846. The Kier molecular flexibility index (Phi) is 5.21. The smallest absolute Gasteiger partial charge is 0.344 e. The van der Waals surface area contributed by atoms with Crippen LogP contribution in [0.25, 0.3) is 0 Å². The molecule has 3 nitrogen and oxygen atoms in total. The van der Waals surface area contributed by atoms with Gasteiger partial charge in [-0.25, -0.2) is 0 Å². The summed E-state index contributed by atoms with van der Waals surface area (Å²) < 4.78 is 36.5. The monoisotopic (exact) mass is 276 g/mol. The van der Waals surface area contributed by atoms with Crippen molar-refractivity contribution in [3.8, 4) is 6.07 Å². The normalized spacial score (nSPS) is 19.3. The summed E-state index contributed by atoms with van der Waals surface area (Å²) in [5.41, 5.74) is -1.11. The van der Waals surface area contributed by atoms with Gasteiger partial charge in [0.1, 0.15) is 5.41 Å². The van der Waals surface area contributed by atoms with Gasteiger partial charge in [0.2, 0.25) is 5.91 Å². The molecule has 0 radical (unpaired) electrons. The van der Waals surface area contributed by atoms with Gasteiger partial charge >= 0.3 is 6.18 Å². The summed E-state index contributed by atoms with van der Waals surface area (Å²) in [5.74, 6) is -0.457. The molecule has 0 unspecified atom stereocenters. The molecule has 1 aliphatic rings. The number of nitriles is 1. The zero-order valence-electron chi connectivity index (χ0n) is 11.1. The van der Waals surface area contributed by atoms with Gasteiger partial charge in [0, 0.05) is 13.6 Å². The summed E-state index contributed by atoms with van der Waals surface area (Å²) in [6, 6.07) is 2.06. The number of carbonyl (C=O) groups is 1. The fourth-order valence-corrected chi connectivity index (χ4v) is 2.47. The van der Waals surface area contributed by atoms with Crippen LogP contribution in [0.1, 0.15) is 44.9 Å². The molecule has 1 saturated carbocycles. The Bertz CT molecular complexity index is 352. The van der Waals surface area contributed by atoms with E-state index in [-0.39, 0.29) is 6.54 Å². The molecule has 0 heterocycles. The first kappa shape index (κ1) is 15.8. The topological polar surface area (TPSA) is 44.1 Å². The van der Waals surface area contributed by atoms with Gasteiger partial charge in [-0.15, -0.1) is 0 Å². The van der Waals surface area contributed by atoms with Crippen molar-refractivity contribution in [2.45, 2.75) is 51.1 Å². The van der Waals surface area contributed by atoms with E-state index in [2.05, 4.69) is 6.07 Å². The Labute approximate surface area is 111 Å². The second kappa shape index (κ2) is 6.27. The second-order valence-corrected chi connectivity index (χ2v) is 5.20. The zero-order chi connectivity index (χ0) is 14.5. The van der Waals surface area contributed by atoms with Crippen LogP contribution in [0.15, 0.2) is 0 Å². The molecule has 1 fully saturated rings. The molecule has 0 aromatic carbocycles. The molecule has 1 rings (SSSR count). The van der Waals surface area contributed by atoms with Crippen LogP contribution in [-0.2, 0) is 4.79 Å². The second-order valence-electron chi connectivity index (χ2n) is 5.20. The Morgan fingerprint density at radius 1 is 1.26 bits per heavy atom. The largest absolute Gasteiger partial charge is 0.390 e. The van der Waals surface area contributed by atoms with Gasteiger partial charge in [-0.05, 0) is 12.8 Å². The van der Waals surface area contributed by atoms with Crippen molar-refractivity contribution in [1.82, 2.24) is 4.90 Å². The number of rotatable bonds is 3. The number of hydrogen-bond donors (Lipinski definition) is 0. The Hall–Kier alpha value is -1.25. The standard InChI is InChI=1S/C13H19F3N2O/c1-18(9-8-13(14,15)16)11(19)12(10-17)6-4-2-3-5-7-12/h2-9H2,1H3. The SMILES string of the molecule is CN(CCC(F)(F)F)C(=O)C1(C#N)CCCCCC1. The van der Waals surface area contributed by atoms with E-state index in [0.29, 0.717) is 12.8 Å². The van der Waals surface area contributed by atoms with Crippen molar-refractivity contribution in [3.63, 3.8) is 0 Å². The van der Waals surface area contributed by atoms with Gasteiger partial charge in [0.05, 0.1) is 12.5 Å². The molecular formula is C13H19F3N2O. The predicted octanol–water partition coefficient (Wildman–Crippen LogP) is 3.26. The molecule has 19 heavy (non-hydrogen) atoms. The molecule has 1 aliphatic carbocycles. The highest BCUT2D eigenvalue weighted by molar-refractivity contribution is 5.85. The van der Waals surface area contributed by atoms with Crippen LogP contribution < -0.4 is 0 Å². The molecule has 0 aliphatic heterocycles. The lowest BCUT2D eigenvalue weighted by molar-refractivity contribution is -0.148. The van der Waals surface area contributed by atoms with E-state index in [0.717, 1.165) is 30.6 Å². The van der Waals surface area contributed by atoms with Gasteiger partial charge in [-0.1, -0.05) is 25.7 Å². The van der Waals surface area contributed by atoms with Crippen LogP contribution in [0.5, 0.6) is 0 Å². The van der Waals surface area contributed by atoms with E-state index in [4.69, 9.17) is 0 Å². The number of amides is 1. The molecule has 0 spiro atoms. The van der Waals surface area contributed by atoms with Crippen molar-refractivity contribution < 1.29 is 18.0 Å². The van der Waals surface area contributed by atoms with Crippen molar-refractivity contribution >= 4 is 5.91 Å². The first-order valence-corrected chi connectivity index (χ1v) is 6.54. The third kappa shape index (κ3) is 4.41. The molecule has 0 atom stereocenters. The van der Waals surface area contributed by atoms with Crippen molar-refractivity contribution in [1.29, 1.82) is 5.26 Å². The van der Waals surface area contributed by atoms with E-state index in [1.807, 2.05) is 0 Å². The van der Waals surface area contributed by atoms with Gasteiger partial charge in [0.15, 0.2) is 0 Å². The number of nitrogens with zero attached hydrogens (tertiary/aromatic N) is 2. The third-order valence-electron chi connectivity index (χ3n) is 3.66. The Morgan fingerprint density at radius 2 is 1.79 bits per heavy atom. The first-order chi connectivity index (χ1) is 8.81. The van der Waals surface area contributed by atoms with E-state index in [1.54, 1.807) is 0 Å². The minimum absolute atomic E-state index is 0.383. The highest BCUT2D eigenvalue weighted by atomic mass is 19.4. The number of carbonyl (C=O) groups excluding carboxylic acids is 1. The molecule has 6 heteroatoms. The van der Waals surface area contributed by atoms with E-state index in [9.17, 15) is 23.2 Å². The Balaban J connectivity index is 2.69. The maximum Gasteiger partial charge on any atom is 0.390 e.